The Hall–Kier alpha value is -3.06. The molecule has 3 amide bonds. The fourth-order valence-electron chi connectivity index (χ4n) is 3.28. The summed E-state index contributed by atoms with van der Waals surface area (Å²) in [5.74, 6) is -0.204. The molecule has 1 aliphatic heterocycles. The van der Waals surface area contributed by atoms with Gasteiger partial charge in [-0.2, -0.15) is 0 Å². The van der Waals surface area contributed by atoms with Crippen LogP contribution in [0.1, 0.15) is 12.5 Å². The highest BCUT2D eigenvalue weighted by atomic mass is 32.2. The highest BCUT2D eigenvalue weighted by Gasteiger charge is 2.31. The summed E-state index contributed by atoms with van der Waals surface area (Å²) in [5.41, 5.74) is 4.17. The maximum absolute atomic E-state index is 12.7. The van der Waals surface area contributed by atoms with Gasteiger partial charge in [-0.1, -0.05) is 59.8 Å². The lowest BCUT2D eigenvalue weighted by Gasteiger charge is -2.18. The molecule has 0 unspecified atom stereocenters. The van der Waals surface area contributed by atoms with Crippen LogP contribution in [-0.4, -0.2) is 44.7 Å². The molecule has 1 atom stereocenters. The normalized spacial score (nSPS) is 14.7. The molecule has 0 saturated carbocycles. The summed E-state index contributed by atoms with van der Waals surface area (Å²) >= 11 is 1.36. The molecule has 29 heavy (non-hydrogen) atoms. The standard InChI is InChI=1S/C22H22N4O2S/c1-15-8-10-17(11-9-15)19-14-24-22(26(19)18-6-4-3-5-7-18)29-16(2)20(27)25-13-12-23-21(25)28/h3-11,14,16H,12-13H2,1-2H3,(H,23,28)/t16-/m1/s1. The Kier molecular flexibility index (Phi) is 5.40. The van der Waals surface area contributed by atoms with Gasteiger partial charge < -0.3 is 5.32 Å². The molecule has 1 N–H and O–H groups in total. The van der Waals surface area contributed by atoms with E-state index in [2.05, 4.69) is 46.1 Å². The highest BCUT2D eigenvalue weighted by molar-refractivity contribution is 8.00. The second-order valence-corrected chi connectivity index (χ2v) is 8.25. The number of imide groups is 1. The number of nitrogens with one attached hydrogen (secondary N) is 1. The van der Waals surface area contributed by atoms with Gasteiger partial charge in [-0.05, 0) is 26.0 Å². The number of hydrogen-bond donors (Lipinski definition) is 1. The van der Waals surface area contributed by atoms with Crippen LogP contribution in [0, 0.1) is 6.92 Å². The lowest BCUT2D eigenvalue weighted by molar-refractivity contribution is -0.126. The topological polar surface area (TPSA) is 67.2 Å². The van der Waals surface area contributed by atoms with Crippen molar-refractivity contribution in [2.75, 3.05) is 13.1 Å². The van der Waals surface area contributed by atoms with E-state index in [0.29, 0.717) is 18.2 Å². The first kappa shape index (κ1) is 19.3. The molecule has 1 aliphatic rings. The van der Waals surface area contributed by atoms with Crippen LogP contribution in [0.3, 0.4) is 0 Å². The van der Waals surface area contributed by atoms with Gasteiger partial charge in [0.05, 0.1) is 17.1 Å². The molecule has 2 aromatic carbocycles. The second-order valence-electron chi connectivity index (χ2n) is 6.94. The minimum Gasteiger partial charge on any atom is -0.336 e. The van der Waals surface area contributed by atoms with Gasteiger partial charge in [-0.25, -0.2) is 9.78 Å². The van der Waals surface area contributed by atoms with Crippen molar-refractivity contribution < 1.29 is 9.59 Å². The van der Waals surface area contributed by atoms with E-state index in [9.17, 15) is 9.59 Å². The molecule has 1 aromatic heterocycles. The molecule has 0 radical (unpaired) electrons. The Morgan fingerprint density at radius 3 is 2.52 bits per heavy atom. The summed E-state index contributed by atoms with van der Waals surface area (Å²) in [4.78, 5) is 30.5. The fraction of sp³-hybridized carbons (Fsp3) is 0.227. The van der Waals surface area contributed by atoms with Gasteiger partial charge >= 0.3 is 6.03 Å². The Labute approximate surface area is 173 Å². The predicted octanol–water partition coefficient (Wildman–Crippen LogP) is 3.88. The molecular formula is C22H22N4O2S. The van der Waals surface area contributed by atoms with Crippen LogP contribution >= 0.6 is 11.8 Å². The van der Waals surface area contributed by atoms with Crippen molar-refractivity contribution in [2.24, 2.45) is 0 Å². The third-order valence-corrected chi connectivity index (χ3v) is 5.90. The van der Waals surface area contributed by atoms with Gasteiger partial charge in [0.15, 0.2) is 5.16 Å². The van der Waals surface area contributed by atoms with E-state index in [-0.39, 0.29) is 11.9 Å². The first-order chi connectivity index (χ1) is 14.0. The minimum atomic E-state index is -0.436. The molecule has 7 heteroatoms. The van der Waals surface area contributed by atoms with Crippen LogP contribution in [0.4, 0.5) is 4.79 Å². The van der Waals surface area contributed by atoms with Crippen molar-refractivity contribution in [3.05, 3.63) is 66.4 Å². The van der Waals surface area contributed by atoms with Gasteiger partial charge in [-0.15, -0.1) is 0 Å². The smallest absolute Gasteiger partial charge is 0.324 e. The number of para-hydroxylation sites is 1. The Morgan fingerprint density at radius 2 is 1.86 bits per heavy atom. The largest absolute Gasteiger partial charge is 0.336 e. The molecule has 0 aliphatic carbocycles. The first-order valence-electron chi connectivity index (χ1n) is 9.50. The van der Waals surface area contributed by atoms with Gasteiger partial charge in [-0.3, -0.25) is 14.3 Å². The molecule has 6 nitrogen and oxygen atoms in total. The number of rotatable bonds is 5. The van der Waals surface area contributed by atoms with Crippen LogP contribution in [0.15, 0.2) is 66.0 Å². The number of benzene rings is 2. The van der Waals surface area contributed by atoms with Crippen LogP contribution in [-0.2, 0) is 4.79 Å². The van der Waals surface area contributed by atoms with E-state index in [0.717, 1.165) is 16.9 Å². The van der Waals surface area contributed by atoms with E-state index < -0.39 is 5.25 Å². The maximum atomic E-state index is 12.7. The molecule has 4 rings (SSSR count). The van der Waals surface area contributed by atoms with Gasteiger partial charge in [0.1, 0.15) is 0 Å². The molecule has 3 aromatic rings. The van der Waals surface area contributed by atoms with Crippen LogP contribution in [0.5, 0.6) is 0 Å². The summed E-state index contributed by atoms with van der Waals surface area (Å²) in [6.45, 7) is 4.78. The molecule has 0 bridgehead atoms. The SMILES string of the molecule is Cc1ccc(-c2cnc(S[C@H](C)C(=O)N3CCNC3=O)n2-c2ccccc2)cc1. The zero-order chi connectivity index (χ0) is 20.4. The van der Waals surface area contributed by atoms with Crippen molar-refractivity contribution in [1.29, 1.82) is 0 Å². The number of aromatic nitrogens is 2. The number of carbonyl (C=O) groups is 2. The van der Waals surface area contributed by atoms with E-state index in [1.807, 2.05) is 43.5 Å². The van der Waals surface area contributed by atoms with Gasteiger partial charge in [0, 0.05) is 24.3 Å². The number of aryl methyl sites for hydroxylation is 1. The van der Waals surface area contributed by atoms with Gasteiger partial charge in [0.25, 0.3) is 0 Å². The molecule has 2 heterocycles. The summed E-state index contributed by atoms with van der Waals surface area (Å²) in [6, 6.07) is 17.9. The fourth-order valence-corrected chi connectivity index (χ4v) is 4.25. The first-order valence-corrected chi connectivity index (χ1v) is 10.4. The van der Waals surface area contributed by atoms with E-state index in [4.69, 9.17) is 0 Å². The van der Waals surface area contributed by atoms with Crippen LogP contribution < -0.4 is 5.32 Å². The number of nitrogens with zero attached hydrogens (tertiary/aromatic N) is 3. The van der Waals surface area contributed by atoms with Crippen LogP contribution in [0.2, 0.25) is 0 Å². The van der Waals surface area contributed by atoms with E-state index in [1.165, 1.54) is 22.2 Å². The zero-order valence-electron chi connectivity index (χ0n) is 16.3. The Balaban J connectivity index is 1.69. The Morgan fingerprint density at radius 1 is 1.14 bits per heavy atom. The van der Waals surface area contributed by atoms with Crippen LogP contribution in [0.25, 0.3) is 16.9 Å². The number of thioether (sulfide) groups is 1. The average Bonchev–Trinajstić information content (AvgIpc) is 3.35. The van der Waals surface area contributed by atoms with Crippen molar-refractivity contribution in [1.82, 2.24) is 19.8 Å². The zero-order valence-corrected chi connectivity index (χ0v) is 17.1. The molecule has 0 spiro atoms. The lowest BCUT2D eigenvalue weighted by Crippen LogP contribution is -2.39. The Bertz CT molecular complexity index is 1030. The number of imidazole rings is 1. The summed E-state index contributed by atoms with van der Waals surface area (Å²) < 4.78 is 2.06. The number of carbonyl (C=O) groups excluding carboxylic acids is 2. The monoisotopic (exact) mass is 406 g/mol. The number of amides is 3. The molecule has 148 valence electrons. The van der Waals surface area contributed by atoms with Gasteiger partial charge in [0.2, 0.25) is 5.91 Å². The van der Waals surface area contributed by atoms with Crippen molar-refractivity contribution in [3.63, 3.8) is 0 Å². The quantitative estimate of drug-likeness (QED) is 0.653. The second kappa shape index (κ2) is 8.13. The maximum Gasteiger partial charge on any atom is 0.324 e. The van der Waals surface area contributed by atoms with Crippen molar-refractivity contribution in [3.8, 4) is 16.9 Å². The van der Waals surface area contributed by atoms with E-state index in [1.54, 1.807) is 0 Å². The highest BCUT2D eigenvalue weighted by Crippen LogP contribution is 2.32. The minimum absolute atomic E-state index is 0.204. The molecule has 1 fully saturated rings. The number of urea groups is 1. The predicted molar refractivity (Wildman–Crippen MR) is 114 cm³/mol. The lowest BCUT2D eigenvalue weighted by atomic mass is 10.1. The average molecular weight is 407 g/mol. The third-order valence-electron chi connectivity index (χ3n) is 4.84. The summed E-state index contributed by atoms with van der Waals surface area (Å²) in [6.07, 6.45) is 1.83. The summed E-state index contributed by atoms with van der Waals surface area (Å²) in [7, 11) is 0. The third kappa shape index (κ3) is 3.91. The van der Waals surface area contributed by atoms with Crippen molar-refractivity contribution in [2.45, 2.75) is 24.3 Å². The van der Waals surface area contributed by atoms with E-state index >= 15 is 0 Å². The van der Waals surface area contributed by atoms with Crippen molar-refractivity contribution >= 4 is 23.7 Å². The molecular weight excluding hydrogens is 384 g/mol. The molecule has 1 saturated heterocycles. The number of hydrogen-bond acceptors (Lipinski definition) is 4. The summed E-state index contributed by atoms with van der Waals surface area (Å²) in [5, 5.41) is 2.95.